The van der Waals surface area contributed by atoms with Crippen LogP contribution < -0.4 is 0 Å². The first-order valence-electron chi connectivity index (χ1n) is 10.7. The molecule has 4 aliphatic rings. The largest absolute Gasteiger partial charge is 0.508 e. The zero-order valence-electron chi connectivity index (χ0n) is 18.0. The molecule has 4 aliphatic carbocycles. The van der Waals surface area contributed by atoms with Crippen molar-refractivity contribution in [1.82, 2.24) is 0 Å². The highest BCUT2D eigenvalue weighted by atomic mass is 16.7. The average Bonchev–Trinajstić information content (AvgIpc) is 2.84. The van der Waals surface area contributed by atoms with E-state index in [1.54, 1.807) is 13.0 Å². The van der Waals surface area contributed by atoms with Crippen molar-refractivity contribution in [3.05, 3.63) is 11.6 Å². The van der Waals surface area contributed by atoms with E-state index in [2.05, 4.69) is 17.6 Å². The average molecular weight is 434 g/mol. The van der Waals surface area contributed by atoms with Gasteiger partial charge in [-0.15, -0.1) is 6.42 Å². The van der Waals surface area contributed by atoms with E-state index in [4.69, 9.17) is 11.2 Å². The quantitative estimate of drug-likeness (QED) is 0.207. The molecule has 0 spiro atoms. The Hall–Kier alpha value is -1.92. The van der Waals surface area contributed by atoms with Crippen LogP contribution in [0.4, 0.5) is 4.79 Å². The molecule has 31 heavy (non-hydrogen) atoms. The molecule has 0 bridgehead atoms. The van der Waals surface area contributed by atoms with Crippen molar-refractivity contribution in [2.75, 3.05) is 7.11 Å². The summed E-state index contributed by atoms with van der Waals surface area (Å²) < 4.78 is 9.90. The number of carbonyl (C=O) groups is 2. The molecule has 4 N–H and O–H groups in total. The number of fused-ring (bicyclic) bond motifs is 5. The molecule has 8 nitrogen and oxygen atoms in total. The van der Waals surface area contributed by atoms with Crippen molar-refractivity contribution in [3.8, 4) is 12.3 Å². The minimum Gasteiger partial charge on any atom is -0.438 e. The summed E-state index contributed by atoms with van der Waals surface area (Å²) in [5.41, 5.74) is -3.03. The van der Waals surface area contributed by atoms with Gasteiger partial charge in [-0.05, 0) is 37.0 Å². The number of ether oxygens (including phenoxy) is 2. The van der Waals surface area contributed by atoms with Crippen LogP contribution in [0.2, 0.25) is 0 Å². The first-order valence-corrected chi connectivity index (χ1v) is 10.7. The molecule has 3 fully saturated rings. The number of carbonyl (C=O) groups excluding carboxylic acids is 2. The van der Waals surface area contributed by atoms with Gasteiger partial charge in [0.25, 0.3) is 0 Å². The lowest BCUT2D eigenvalue weighted by molar-refractivity contribution is -0.234. The lowest BCUT2D eigenvalue weighted by atomic mass is 9.46. The van der Waals surface area contributed by atoms with Crippen LogP contribution in [0, 0.1) is 40.9 Å². The molecule has 3 saturated carbocycles. The highest BCUT2D eigenvalue weighted by Gasteiger charge is 2.77. The predicted octanol–water partition coefficient (Wildman–Crippen LogP) is 0.906. The first kappa shape index (κ1) is 22.3. The minimum absolute atomic E-state index is 0.161. The standard InChI is InChI=1S/C23H30O8/c1-5-22(27)18(25)23(28,29)17-16-14(7-9-21(17,22)3)20(2)8-6-13(31-19(26)30-4)10-12(20)11-15(16)24/h1,11,13-17,24,27-29H,6-10H2,2-4H3/t13-,14?,15-,16?,17?,20-,21-,22-/m0/s1. The van der Waals surface area contributed by atoms with Gasteiger partial charge in [-0.2, -0.15) is 0 Å². The number of methoxy groups -OCH3 is 1. The number of rotatable bonds is 1. The third-order valence-corrected chi connectivity index (χ3v) is 8.82. The SMILES string of the molecule is C#C[C@]1(O)C(=O)C(O)(O)C2C3C(CC[C@@]21C)[C@@]1(C)CC[C@H](OC(=O)OC)CC1=C[C@@H]3O. The van der Waals surface area contributed by atoms with Crippen LogP contribution >= 0.6 is 0 Å². The van der Waals surface area contributed by atoms with Gasteiger partial charge in [0, 0.05) is 23.7 Å². The minimum atomic E-state index is -2.84. The number of Topliss-reactive ketones (excluding diaryl/α,β-unsaturated/α-hetero) is 1. The second kappa shape index (κ2) is 6.79. The number of aliphatic hydroxyl groups excluding tert-OH is 1. The van der Waals surface area contributed by atoms with Crippen LogP contribution in [0.1, 0.15) is 46.0 Å². The maximum atomic E-state index is 12.8. The number of hydrogen-bond donors (Lipinski definition) is 4. The van der Waals surface area contributed by atoms with Crippen LogP contribution in [0.15, 0.2) is 11.6 Å². The van der Waals surface area contributed by atoms with E-state index < -0.39 is 46.7 Å². The van der Waals surface area contributed by atoms with Gasteiger partial charge in [-0.3, -0.25) is 4.79 Å². The van der Waals surface area contributed by atoms with E-state index in [0.717, 1.165) is 5.57 Å². The fourth-order valence-electron chi connectivity index (χ4n) is 7.14. The second-order valence-corrected chi connectivity index (χ2v) is 10.1. The monoisotopic (exact) mass is 434 g/mol. The molecule has 0 heterocycles. The van der Waals surface area contributed by atoms with Gasteiger partial charge < -0.3 is 29.9 Å². The third kappa shape index (κ3) is 2.70. The number of hydrogen-bond acceptors (Lipinski definition) is 8. The second-order valence-electron chi connectivity index (χ2n) is 10.1. The highest BCUT2D eigenvalue weighted by Crippen LogP contribution is 2.68. The van der Waals surface area contributed by atoms with E-state index in [1.165, 1.54) is 7.11 Å². The molecule has 8 heteroatoms. The zero-order valence-corrected chi connectivity index (χ0v) is 18.0. The maximum absolute atomic E-state index is 12.8. The van der Waals surface area contributed by atoms with Gasteiger partial charge in [0.15, 0.2) is 5.60 Å². The Morgan fingerprint density at radius 1 is 1.23 bits per heavy atom. The molecule has 0 aromatic heterocycles. The molecule has 8 atom stereocenters. The molecule has 4 rings (SSSR count). The smallest absolute Gasteiger partial charge is 0.438 e. The molecular formula is C23H30O8. The summed E-state index contributed by atoms with van der Waals surface area (Å²) in [6, 6.07) is 0. The number of terminal acetylenes is 1. The van der Waals surface area contributed by atoms with Gasteiger partial charge in [0.2, 0.25) is 11.6 Å². The van der Waals surface area contributed by atoms with Crippen LogP contribution in [-0.2, 0) is 14.3 Å². The Morgan fingerprint density at radius 3 is 2.52 bits per heavy atom. The maximum Gasteiger partial charge on any atom is 0.508 e. The molecule has 3 unspecified atom stereocenters. The Bertz CT molecular complexity index is 886. The Kier molecular flexibility index (Phi) is 4.88. The van der Waals surface area contributed by atoms with E-state index in [9.17, 15) is 30.0 Å². The van der Waals surface area contributed by atoms with Crippen LogP contribution in [-0.4, -0.2) is 63.1 Å². The van der Waals surface area contributed by atoms with Crippen LogP contribution in [0.5, 0.6) is 0 Å². The third-order valence-electron chi connectivity index (χ3n) is 8.82. The Labute approximate surface area is 181 Å². The molecule has 0 amide bonds. The summed E-state index contributed by atoms with van der Waals surface area (Å²) in [5, 5.41) is 43.8. The summed E-state index contributed by atoms with van der Waals surface area (Å²) in [4.78, 5) is 24.3. The molecule has 0 saturated heterocycles. The first-order chi connectivity index (χ1) is 14.4. The van der Waals surface area contributed by atoms with E-state index in [1.807, 2.05) is 0 Å². The summed E-state index contributed by atoms with van der Waals surface area (Å²) in [6.45, 7) is 3.68. The van der Waals surface area contributed by atoms with Crippen molar-refractivity contribution < 1.29 is 39.5 Å². The van der Waals surface area contributed by atoms with Gasteiger partial charge in [-0.1, -0.05) is 31.4 Å². The fourth-order valence-corrected chi connectivity index (χ4v) is 7.14. The predicted molar refractivity (Wildman–Crippen MR) is 107 cm³/mol. The van der Waals surface area contributed by atoms with Gasteiger partial charge >= 0.3 is 6.16 Å². The normalized spacial score (nSPS) is 47.9. The van der Waals surface area contributed by atoms with Crippen molar-refractivity contribution in [2.45, 2.75) is 69.5 Å². The van der Waals surface area contributed by atoms with Crippen molar-refractivity contribution >= 4 is 11.9 Å². The summed E-state index contributed by atoms with van der Waals surface area (Å²) in [6.07, 6.45) is 7.59. The van der Waals surface area contributed by atoms with Crippen LogP contribution in [0.25, 0.3) is 0 Å². The summed E-state index contributed by atoms with van der Waals surface area (Å²) in [7, 11) is 1.25. The van der Waals surface area contributed by atoms with Crippen molar-refractivity contribution in [2.24, 2.45) is 28.6 Å². The number of ketones is 1. The highest BCUT2D eigenvalue weighted by molar-refractivity contribution is 6.00. The molecular weight excluding hydrogens is 404 g/mol. The van der Waals surface area contributed by atoms with E-state index in [-0.39, 0.29) is 17.4 Å². The van der Waals surface area contributed by atoms with Crippen molar-refractivity contribution in [3.63, 3.8) is 0 Å². The lowest BCUT2D eigenvalue weighted by Gasteiger charge is -2.59. The molecule has 170 valence electrons. The zero-order chi connectivity index (χ0) is 23.0. The molecule has 0 radical (unpaired) electrons. The topological polar surface area (TPSA) is 134 Å². The van der Waals surface area contributed by atoms with Gasteiger partial charge in [0.1, 0.15) is 6.10 Å². The van der Waals surface area contributed by atoms with Crippen LogP contribution in [0.3, 0.4) is 0 Å². The summed E-state index contributed by atoms with van der Waals surface area (Å²) in [5.74, 6) is -3.88. The van der Waals surface area contributed by atoms with E-state index in [0.29, 0.717) is 32.1 Å². The van der Waals surface area contributed by atoms with E-state index >= 15 is 0 Å². The van der Waals surface area contributed by atoms with Crippen molar-refractivity contribution in [1.29, 1.82) is 0 Å². The molecule has 0 aromatic carbocycles. The Morgan fingerprint density at radius 2 is 1.90 bits per heavy atom. The fraction of sp³-hybridized carbons (Fsp3) is 0.739. The summed E-state index contributed by atoms with van der Waals surface area (Å²) >= 11 is 0. The number of aliphatic hydroxyl groups is 4. The van der Waals surface area contributed by atoms with Gasteiger partial charge in [0.05, 0.1) is 13.2 Å². The molecule has 0 aromatic rings. The molecule has 0 aliphatic heterocycles. The lowest BCUT2D eigenvalue weighted by Crippen LogP contribution is -2.60. The Balaban J connectivity index is 1.74. The van der Waals surface area contributed by atoms with Gasteiger partial charge in [-0.25, -0.2) is 4.79 Å².